The first-order valence-electron chi connectivity index (χ1n) is 7.67. The normalized spacial score (nSPS) is 16.8. The summed E-state index contributed by atoms with van der Waals surface area (Å²) in [5.41, 5.74) is -4.24. The van der Waals surface area contributed by atoms with Gasteiger partial charge in [0.15, 0.2) is 0 Å². The number of benzene rings is 1. The Morgan fingerprint density at radius 3 is 2.00 bits per heavy atom. The molecule has 0 heterocycles. The van der Waals surface area contributed by atoms with E-state index in [2.05, 4.69) is 0 Å². The zero-order chi connectivity index (χ0) is 19.0. The van der Waals surface area contributed by atoms with Crippen LogP contribution in [-0.4, -0.2) is 12.4 Å². The maximum Gasteiger partial charge on any atom is 0.411 e. The van der Waals surface area contributed by atoms with Crippen molar-refractivity contribution in [2.45, 2.75) is 45.0 Å². The zero-order valence-electron chi connectivity index (χ0n) is 14.0. The van der Waals surface area contributed by atoms with E-state index in [1.54, 1.807) is 6.92 Å². The van der Waals surface area contributed by atoms with Gasteiger partial charge in [-0.05, 0) is 38.3 Å². The Kier molecular flexibility index (Phi) is 4.94. The zero-order valence-corrected chi connectivity index (χ0v) is 14.0. The van der Waals surface area contributed by atoms with Crippen molar-refractivity contribution in [1.82, 2.24) is 0 Å². The van der Waals surface area contributed by atoms with Gasteiger partial charge in [-0.15, -0.1) is 0 Å². The lowest BCUT2D eigenvalue weighted by molar-refractivity contribution is -0.288. The Balaban J connectivity index is 2.93. The van der Waals surface area contributed by atoms with Gasteiger partial charge in [0.05, 0.1) is 0 Å². The SMILES string of the molecule is CC1=C(C)CC=CC(C(c2cccc(C)c2)(C(F)(F)F)C(F)(F)F)=C1. The van der Waals surface area contributed by atoms with Gasteiger partial charge < -0.3 is 0 Å². The highest BCUT2D eigenvalue weighted by Crippen LogP contribution is 2.57. The summed E-state index contributed by atoms with van der Waals surface area (Å²) in [6.45, 7) is 4.68. The standard InChI is InChI=1S/C19H18F6/c1-12-6-4-8-15(10-12)17(18(20,21)22,19(23,24)25)16-9-5-7-13(2)14(3)11-16/h4-6,8-11H,7H2,1-3H3. The monoisotopic (exact) mass is 360 g/mol. The number of hydrogen-bond acceptors (Lipinski definition) is 0. The predicted octanol–water partition coefficient (Wildman–Crippen LogP) is 6.58. The van der Waals surface area contributed by atoms with E-state index in [4.69, 9.17) is 0 Å². The molecular formula is C19H18F6. The van der Waals surface area contributed by atoms with Crippen LogP contribution in [-0.2, 0) is 5.41 Å². The number of halogens is 6. The quantitative estimate of drug-likeness (QED) is 0.523. The molecule has 0 N–H and O–H groups in total. The van der Waals surface area contributed by atoms with Crippen LogP contribution < -0.4 is 0 Å². The maximum absolute atomic E-state index is 14.0. The second kappa shape index (κ2) is 6.39. The number of aryl methyl sites for hydroxylation is 1. The lowest BCUT2D eigenvalue weighted by atomic mass is 9.71. The minimum atomic E-state index is -5.55. The molecule has 2 rings (SSSR count). The molecule has 0 fully saturated rings. The molecule has 0 unspecified atom stereocenters. The number of alkyl halides is 6. The molecule has 1 aliphatic rings. The van der Waals surface area contributed by atoms with E-state index in [1.165, 1.54) is 32.1 Å². The average molecular weight is 360 g/mol. The molecule has 6 heteroatoms. The number of allylic oxidation sites excluding steroid dienone is 6. The van der Waals surface area contributed by atoms with E-state index in [0.29, 0.717) is 17.6 Å². The molecule has 0 amide bonds. The van der Waals surface area contributed by atoms with Crippen molar-refractivity contribution < 1.29 is 26.3 Å². The highest BCUT2D eigenvalue weighted by atomic mass is 19.4. The van der Waals surface area contributed by atoms with Crippen molar-refractivity contribution in [3.8, 4) is 0 Å². The van der Waals surface area contributed by atoms with Crippen LogP contribution in [0.5, 0.6) is 0 Å². The van der Waals surface area contributed by atoms with Gasteiger partial charge >= 0.3 is 12.4 Å². The number of rotatable bonds is 2. The van der Waals surface area contributed by atoms with Crippen LogP contribution in [0.4, 0.5) is 26.3 Å². The van der Waals surface area contributed by atoms with Gasteiger partial charge in [0.1, 0.15) is 0 Å². The largest absolute Gasteiger partial charge is 0.411 e. The van der Waals surface area contributed by atoms with Gasteiger partial charge in [0.25, 0.3) is 0 Å². The van der Waals surface area contributed by atoms with Gasteiger partial charge in [-0.3, -0.25) is 0 Å². The Morgan fingerprint density at radius 2 is 1.48 bits per heavy atom. The Hall–Kier alpha value is -1.98. The summed E-state index contributed by atoms with van der Waals surface area (Å²) >= 11 is 0. The van der Waals surface area contributed by atoms with E-state index in [9.17, 15) is 26.3 Å². The van der Waals surface area contributed by atoms with Crippen LogP contribution >= 0.6 is 0 Å². The summed E-state index contributed by atoms with van der Waals surface area (Å²) in [4.78, 5) is 0. The van der Waals surface area contributed by atoms with Crippen molar-refractivity contribution in [2.75, 3.05) is 0 Å². The van der Waals surface area contributed by atoms with Crippen molar-refractivity contribution in [2.24, 2.45) is 0 Å². The highest BCUT2D eigenvalue weighted by Gasteiger charge is 2.73. The average Bonchev–Trinajstić information content (AvgIpc) is 2.59. The van der Waals surface area contributed by atoms with Gasteiger partial charge in [0, 0.05) is 0 Å². The molecule has 0 atom stereocenters. The molecule has 1 aromatic carbocycles. The Bertz CT molecular complexity index is 730. The van der Waals surface area contributed by atoms with Gasteiger partial charge in [-0.25, -0.2) is 0 Å². The molecule has 136 valence electrons. The Morgan fingerprint density at radius 1 is 0.880 bits per heavy atom. The van der Waals surface area contributed by atoms with Crippen LogP contribution in [0, 0.1) is 6.92 Å². The van der Waals surface area contributed by atoms with E-state index in [0.717, 1.165) is 29.9 Å². The fourth-order valence-corrected chi connectivity index (χ4v) is 3.02. The second-order valence-electron chi connectivity index (χ2n) is 6.28. The first-order chi connectivity index (χ1) is 11.4. The smallest absolute Gasteiger partial charge is 0.169 e. The molecule has 0 radical (unpaired) electrons. The van der Waals surface area contributed by atoms with E-state index in [-0.39, 0.29) is 0 Å². The van der Waals surface area contributed by atoms with Crippen molar-refractivity contribution in [1.29, 1.82) is 0 Å². The molecule has 1 aliphatic carbocycles. The van der Waals surface area contributed by atoms with Gasteiger partial charge in [-0.2, -0.15) is 26.3 Å². The molecule has 0 aliphatic heterocycles. The van der Waals surface area contributed by atoms with E-state index >= 15 is 0 Å². The summed E-state index contributed by atoms with van der Waals surface area (Å²) in [7, 11) is 0. The van der Waals surface area contributed by atoms with Gasteiger partial charge in [-0.1, -0.05) is 59.2 Å². The first kappa shape index (κ1) is 19.3. The number of hydrogen-bond donors (Lipinski definition) is 0. The summed E-state index contributed by atoms with van der Waals surface area (Å²) in [5.74, 6) is 0. The molecule has 0 aromatic heterocycles. The Labute approximate surface area is 142 Å². The predicted molar refractivity (Wildman–Crippen MR) is 85.2 cm³/mol. The minimum absolute atomic E-state index is 0.311. The summed E-state index contributed by atoms with van der Waals surface area (Å²) in [6, 6.07) is 4.52. The third-order valence-electron chi connectivity index (χ3n) is 4.50. The van der Waals surface area contributed by atoms with Crippen LogP contribution in [0.25, 0.3) is 0 Å². The molecule has 0 nitrogen and oxygen atoms in total. The lowest BCUT2D eigenvalue weighted by Crippen LogP contribution is -2.55. The molecule has 25 heavy (non-hydrogen) atoms. The van der Waals surface area contributed by atoms with Crippen molar-refractivity contribution >= 4 is 0 Å². The molecule has 1 aromatic rings. The molecule has 0 bridgehead atoms. The lowest BCUT2D eigenvalue weighted by Gasteiger charge is -2.39. The summed E-state index contributed by atoms with van der Waals surface area (Å²) in [5, 5.41) is 0. The fraction of sp³-hybridized carbons (Fsp3) is 0.368. The summed E-state index contributed by atoms with van der Waals surface area (Å²) in [6.07, 6.45) is -7.49. The molecular weight excluding hydrogens is 342 g/mol. The first-order valence-corrected chi connectivity index (χ1v) is 7.67. The molecule has 0 spiro atoms. The van der Waals surface area contributed by atoms with Crippen molar-refractivity contribution in [3.05, 3.63) is 70.3 Å². The van der Waals surface area contributed by atoms with E-state index in [1.807, 2.05) is 0 Å². The topological polar surface area (TPSA) is 0 Å². The van der Waals surface area contributed by atoms with Gasteiger partial charge in [0.2, 0.25) is 5.41 Å². The fourth-order valence-electron chi connectivity index (χ4n) is 3.02. The third kappa shape index (κ3) is 3.26. The van der Waals surface area contributed by atoms with Crippen molar-refractivity contribution in [3.63, 3.8) is 0 Å². The molecule has 0 saturated heterocycles. The van der Waals surface area contributed by atoms with Crippen LogP contribution in [0.2, 0.25) is 0 Å². The van der Waals surface area contributed by atoms with Crippen LogP contribution in [0.15, 0.2) is 59.2 Å². The van der Waals surface area contributed by atoms with Crippen LogP contribution in [0.1, 0.15) is 31.4 Å². The second-order valence-corrected chi connectivity index (χ2v) is 6.28. The highest BCUT2D eigenvalue weighted by molar-refractivity contribution is 5.51. The van der Waals surface area contributed by atoms with E-state index < -0.39 is 28.9 Å². The minimum Gasteiger partial charge on any atom is -0.169 e. The van der Waals surface area contributed by atoms with Crippen LogP contribution in [0.3, 0.4) is 0 Å². The third-order valence-corrected chi connectivity index (χ3v) is 4.50. The maximum atomic E-state index is 14.0. The molecule has 0 saturated carbocycles. The summed E-state index contributed by atoms with van der Waals surface area (Å²) < 4.78 is 84.1.